The minimum Gasteiger partial charge on any atom is -0.494 e. The van der Waals surface area contributed by atoms with E-state index in [1.807, 2.05) is 61.9 Å². The number of likely N-dealkylation sites (N-methyl/N-ethyl adjacent to an activating group) is 4. The van der Waals surface area contributed by atoms with Crippen LogP contribution in [0, 0.1) is 0 Å². The van der Waals surface area contributed by atoms with Crippen LogP contribution in [0.25, 0.3) is 0 Å². The van der Waals surface area contributed by atoms with E-state index in [-0.39, 0.29) is 49.8 Å². The predicted octanol–water partition coefficient (Wildman–Crippen LogP) is 0.824. The minimum atomic E-state index is -0.0334. The molecule has 11 heteroatoms. The summed E-state index contributed by atoms with van der Waals surface area (Å²) in [4.78, 5) is 7.86. The van der Waals surface area contributed by atoms with Gasteiger partial charge in [-0.05, 0) is 28.2 Å². The lowest BCUT2D eigenvalue weighted by molar-refractivity contribution is 0.112. The molecule has 2 heterocycles. The van der Waals surface area contributed by atoms with Crippen molar-refractivity contribution in [2.24, 2.45) is 0 Å². The summed E-state index contributed by atoms with van der Waals surface area (Å²) in [6.07, 6.45) is 0. The third kappa shape index (κ3) is 7.11. The third-order valence-electron chi connectivity index (χ3n) is 5.56. The van der Waals surface area contributed by atoms with Gasteiger partial charge in [-0.25, -0.2) is 0 Å². The lowest BCUT2D eigenvalue weighted by Gasteiger charge is -2.20. The fourth-order valence-corrected chi connectivity index (χ4v) is 3.38. The van der Waals surface area contributed by atoms with Gasteiger partial charge in [0.1, 0.15) is 11.4 Å². The highest BCUT2D eigenvalue weighted by atomic mass is 16.5. The minimum absolute atomic E-state index is 0.0107. The zero-order chi connectivity index (χ0) is 24.7. The van der Waals surface area contributed by atoms with Crippen molar-refractivity contribution in [1.29, 1.82) is 0 Å². The summed E-state index contributed by atoms with van der Waals surface area (Å²) < 4.78 is 8.42. The van der Waals surface area contributed by atoms with E-state index in [0.29, 0.717) is 24.5 Å². The molecule has 2 aromatic rings. The second kappa shape index (κ2) is 11.9. The molecule has 0 spiro atoms. The van der Waals surface area contributed by atoms with E-state index in [1.54, 1.807) is 0 Å². The van der Waals surface area contributed by atoms with Crippen LogP contribution in [0.15, 0.2) is 12.1 Å². The number of rotatable bonds is 14. The molecular weight excluding hydrogens is 428 g/mol. The highest BCUT2D eigenvalue weighted by Gasteiger charge is 2.18. The largest absolute Gasteiger partial charge is 0.494 e. The van der Waals surface area contributed by atoms with Crippen LogP contribution >= 0.6 is 0 Å². The molecule has 188 valence electrons. The van der Waals surface area contributed by atoms with Crippen molar-refractivity contribution in [1.82, 2.24) is 18.9 Å². The number of aromatic nitrogens is 2. The van der Waals surface area contributed by atoms with Crippen LogP contribution in [0.5, 0.6) is 23.5 Å². The lowest BCUT2D eigenvalue weighted by Crippen LogP contribution is -2.28. The number of ether oxygens (including phenoxy) is 1. The highest BCUT2D eigenvalue weighted by molar-refractivity contribution is 5.59. The third-order valence-corrected chi connectivity index (χ3v) is 5.56. The molecule has 0 saturated carbocycles. The van der Waals surface area contributed by atoms with E-state index in [2.05, 4.69) is 0 Å². The molecule has 0 aliphatic heterocycles. The molecule has 33 heavy (non-hydrogen) atoms. The first-order chi connectivity index (χ1) is 15.5. The summed E-state index contributed by atoms with van der Waals surface area (Å²) >= 11 is 0. The molecule has 0 unspecified atom stereocenters. The van der Waals surface area contributed by atoms with Crippen molar-refractivity contribution in [3.63, 3.8) is 0 Å². The van der Waals surface area contributed by atoms with Gasteiger partial charge < -0.3 is 44.8 Å². The Labute approximate surface area is 196 Å². The number of hydrogen-bond acceptors (Lipinski definition) is 9. The first kappa shape index (κ1) is 26.5. The zero-order valence-corrected chi connectivity index (χ0v) is 20.7. The molecular formula is C22H40N6O5. The Hall–Kier alpha value is -2.76. The van der Waals surface area contributed by atoms with Gasteiger partial charge in [0.15, 0.2) is 11.8 Å². The molecule has 0 amide bonds. The van der Waals surface area contributed by atoms with E-state index >= 15 is 0 Å². The molecule has 0 fully saturated rings. The van der Waals surface area contributed by atoms with Gasteiger partial charge in [0.2, 0.25) is 11.8 Å². The Kier molecular flexibility index (Phi) is 9.56. The first-order valence-corrected chi connectivity index (χ1v) is 11.0. The second-order valence-corrected chi connectivity index (χ2v) is 8.79. The summed E-state index contributed by atoms with van der Waals surface area (Å²) in [5.74, 6) is -0.0882. The fourth-order valence-electron chi connectivity index (χ4n) is 3.38. The maximum absolute atomic E-state index is 10.5. The summed E-state index contributed by atoms with van der Waals surface area (Å²) in [6.45, 7) is 4.06. The Balaban J connectivity index is 1.87. The highest BCUT2D eigenvalue weighted by Crippen LogP contribution is 2.35. The number of hydrogen-bond donors (Lipinski definition) is 4. The van der Waals surface area contributed by atoms with Crippen LogP contribution in [0.2, 0.25) is 0 Å². The lowest BCUT2D eigenvalue weighted by atomic mass is 10.4. The summed E-state index contributed by atoms with van der Waals surface area (Å²) in [5, 5.41) is 41.4. The van der Waals surface area contributed by atoms with Crippen molar-refractivity contribution in [3.8, 4) is 23.5 Å². The normalized spacial score (nSPS) is 11.6. The van der Waals surface area contributed by atoms with Gasteiger partial charge in [-0.15, -0.1) is 0 Å². The van der Waals surface area contributed by atoms with Crippen molar-refractivity contribution >= 4 is 11.4 Å². The van der Waals surface area contributed by atoms with Crippen LogP contribution in [0.3, 0.4) is 0 Å². The number of anilines is 2. The SMILES string of the molecule is CN(C)CCN(C)c1cc(O)n(CCOCCn2c(O)cc(N(C)CCN(C)C)c2O)c1O. The van der Waals surface area contributed by atoms with Gasteiger partial charge in [-0.1, -0.05) is 0 Å². The van der Waals surface area contributed by atoms with Crippen LogP contribution in [0.1, 0.15) is 0 Å². The van der Waals surface area contributed by atoms with Gasteiger partial charge in [-0.2, -0.15) is 0 Å². The fraction of sp³-hybridized carbons (Fsp3) is 0.636. The van der Waals surface area contributed by atoms with Gasteiger partial charge in [0.05, 0.1) is 26.3 Å². The molecule has 0 aliphatic carbocycles. The molecule has 2 rings (SSSR count). The van der Waals surface area contributed by atoms with E-state index in [4.69, 9.17) is 4.74 Å². The molecule has 4 N–H and O–H groups in total. The van der Waals surface area contributed by atoms with Gasteiger partial charge >= 0.3 is 0 Å². The maximum Gasteiger partial charge on any atom is 0.218 e. The zero-order valence-electron chi connectivity index (χ0n) is 20.7. The summed E-state index contributed by atoms with van der Waals surface area (Å²) in [6, 6.07) is 3.07. The van der Waals surface area contributed by atoms with Crippen molar-refractivity contribution in [2.75, 3.05) is 91.5 Å². The quantitative estimate of drug-likeness (QED) is 0.299. The van der Waals surface area contributed by atoms with Gasteiger partial charge in [0, 0.05) is 52.4 Å². The Bertz CT molecular complexity index is 809. The summed E-state index contributed by atoms with van der Waals surface area (Å²) in [5.41, 5.74) is 1.12. The molecule has 0 aromatic carbocycles. The van der Waals surface area contributed by atoms with E-state index in [1.165, 1.54) is 21.3 Å². The molecule has 11 nitrogen and oxygen atoms in total. The van der Waals surface area contributed by atoms with Crippen LogP contribution in [0.4, 0.5) is 11.4 Å². The smallest absolute Gasteiger partial charge is 0.218 e. The standard InChI is InChI=1S/C22H40N6O5/c1-23(2)7-9-25(5)17-15-19(29)27(21(17)31)11-13-33-14-12-28-20(30)16-18(22(28)32)26(6)10-8-24(3)4/h15-16,29-32H,7-14H2,1-6H3. The van der Waals surface area contributed by atoms with Crippen molar-refractivity contribution in [2.45, 2.75) is 13.1 Å². The second-order valence-electron chi connectivity index (χ2n) is 8.79. The molecule has 0 bridgehead atoms. The average Bonchev–Trinajstić information content (AvgIpc) is 3.19. The van der Waals surface area contributed by atoms with Crippen LogP contribution < -0.4 is 9.80 Å². The van der Waals surface area contributed by atoms with E-state index in [0.717, 1.165) is 13.1 Å². The monoisotopic (exact) mass is 468 g/mol. The topological polar surface area (TPSA) is 113 Å². The van der Waals surface area contributed by atoms with E-state index in [9.17, 15) is 20.4 Å². The Morgan fingerprint density at radius 2 is 1.00 bits per heavy atom. The average molecular weight is 469 g/mol. The maximum atomic E-state index is 10.5. The molecule has 0 aliphatic rings. The molecule has 0 radical (unpaired) electrons. The number of nitrogens with zero attached hydrogens (tertiary/aromatic N) is 6. The summed E-state index contributed by atoms with van der Waals surface area (Å²) in [7, 11) is 11.6. The predicted molar refractivity (Wildman–Crippen MR) is 130 cm³/mol. The van der Waals surface area contributed by atoms with Crippen LogP contribution in [-0.4, -0.2) is 121 Å². The molecule has 0 saturated heterocycles. The number of aromatic hydroxyl groups is 4. The van der Waals surface area contributed by atoms with E-state index < -0.39 is 0 Å². The van der Waals surface area contributed by atoms with Crippen molar-refractivity contribution < 1.29 is 25.2 Å². The van der Waals surface area contributed by atoms with Gasteiger partial charge in [0.25, 0.3) is 0 Å². The molecule has 0 atom stereocenters. The van der Waals surface area contributed by atoms with Gasteiger partial charge in [-0.3, -0.25) is 9.13 Å². The Morgan fingerprint density at radius 1 is 0.636 bits per heavy atom. The Morgan fingerprint density at radius 3 is 1.33 bits per heavy atom. The molecule has 2 aromatic heterocycles. The van der Waals surface area contributed by atoms with Crippen molar-refractivity contribution in [3.05, 3.63) is 12.1 Å². The van der Waals surface area contributed by atoms with Crippen LogP contribution in [-0.2, 0) is 17.8 Å². The first-order valence-electron chi connectivity index (χ1n) is 11.0.